The van der Waals surface area contributed by atoms with Crippen LogP contribution in [0.5, 0.6) is 5.88 Å². The van der Waals surface area contributed by atoms with Gasteiger partial charge in [0.2, 0.25) is 0 Å². The van der Waals surface area contributed by atoms with Crippen LogP contribution in [0.2, 0.25) is 0 Å². The van der Waals surface area contributed by atoms with Crippen molar-refractivity contribution in [3.05, 3.63) is 11.3 Å². The Kier molecular flexibility index (Phi) is 1.94. The van der Waals surface area contributed by atoms with E-state index in [4.69, 9.17) is 10.5 Å². The summed E-state index contributed by atoms with van der Waals surface area (Å²) in [6, 6.07) is 0. The number of hydrogen-bond donors (Lipinski definition) is 1. The van der Waals surface area contributed by atoms with E-state index in [0.717, 1.165) is 11.3 Å². The highest BCUT2D eigenvalue weighted by Crippen LogP contribution is 2.21. The minimum absolute atomic E-state index is 0.396. The van der Waals surface area contributed by atoms with Gasteiger partial charge in [0.1, 0.15) is 5.69 Å². The van der Waals surface area contributed by atoms with E-state index in [0.29, 0.717) is 11.6 Å². The molecule has 0 amide bonds. The largest absolute Gasteiger partial charge is 0.478 e. The fourth-order valence-corrected chi connectivity index (χ4v) is 0.755. The standard InChI is InChI=1S/C7H11N3O/c1-4-5(2)9-10-7(11-3)6(4)8/h1-3H3,(H2,8,9). The van der Waals surface area contributed by atoms with Gasteiger partial charge in [-0.2, -0.15) is 5.10 Å². The SMILES string of the molecule is COc1nnc(C)c(C)c1N. The third-order valence-electron chi connectivity index (χ3n) is 1.66. The van der Waals surface area contributed by atoms with Gasteiger partial charge in [-0.05, 0) is 13.8 Å². The van der Waals surface area contributed by atoms with Crippen molar-refractivity contribution in [2.45, 2.75) is 13.8 Å². The smallest absolute Gasteiger partial charge is 0.256 e. The van der Waals surface area contributed by atoms with Gasteiger partial charge in [-0.15, -0.1) is 5.10 Å². The van der Waals surface area contributed by atoms with Crippen molar-refractivity contribution >= 4 is 5.69 Å². The van der Waals surface area contributed by atoms with E-state index in [1.807, 2.05) is 13.8 Å². The number of aromatic nitrogens is 2. The minimum atomic E-state index is 0.396. The van der Waals surface area contributed by atoms with Crippen LogP contribution in [0.1, 0.15) is 11.3 Å². The molecule has 1 aromatic heterocycles. The predicted molar refractivity (Wildman–Crippen MR) is 42.5 cm³/mol. The fraction of sp³-hybridized carbons (Fsp3) is 0.429. The molecule has 0 bridgehead atoms. The lowest BCUT2D eigenvalue weighted by molar-refractivity contribution is 0.393. The molecule has 0 saturated heterocycles. The van der Waals surface area contributed by atoms with E-state index in [-0.39, 0.29) is 0 Å². The number of methoxy groups -OCH3 is 1. The van der Waals surface area contributed by atoms with Crippen molar-refractivity contribution in [2.75, 3.05) is 12.8 Å². The van der Waals surface area contributed by atoms with E-state index in [1.165, 1.54) is 7.11 Å². The van der Waals surface area contributed by atoms with Crippen molar-refractivity contribution in [3.8, 4) is 5.88 Å². The first kappa shape index (κ1) is 7.78. The molecule has 0 aliphatic rings. The zero-order valence-corrected chi connectivity index (χ0v) is 6.88. The van der Waals surface area contributed by atoms with Gasteiger partial charge in [0.05, 0.1) is 12.8 Å². The lowest BCUT2D eigenvalue weighted by atomic mass is 10.2. The maximum atomic E-state index is 5.67. The average Bonchev–Trinajstić information content (AvgIpc) is 2.01. The molecule has 4 heteroatoms. The quantitative estimate of drug-likeness (QED) is 0.644. The van der Waals surface area contributed by atoms with Gasteiger partial charge in [-0.3, -0.25) is 0 Å². The van der Waals surface area contributed by atoms with Crippen molar-refractivity contribution in [2.24, 2.45) is 0 Å². The second kappa shape index (κ2) is 2.74. The van der Waals surface area contributed by atoms with E-state index in [2.05, 4.69) is 10.2 Å². The maximum absolute atomic E-state index is 5.67. The number of anilines is 1. The Morgan fingerprint density at radius 3 is 2.45 bits per heavy atom. The Hall–Kier alpha value is -1.32. The minimum Gasteiger partial charge on any atom is -0.478 e. The fourth-order valence-electron chi connectivity index (χ4n) is 0.755. The molecule has 0 spiro atoms. The van der Waals surface area contributed by atoms with Crippen LogP contribution in [-0.4, -0.2) is 17.3 Å². The van der Waals surface area contributed by atoms with Gasteiger partial charge in [0.25, 0.3) is 5.88 Å². The molecule has 1 aromatic rings. The van der Waals surface area contributed by atoms with Gasteiger partial charge in [-0.25, -0.2) is 0 Å². The molecule has 0 saturated carbocycles. The van der Waals surface area contributed by atoms with Crippen LogP contribution < -0.4 is 10.5 Å². The van der Waals surface area contributed by atoms with Crippen molar-refractivity contribution in [1.29, 1.82) is 0 Å². The molecule has 0 unspecified atom stereocenters. The highest BCUT2D eigenvalue weighted by atomic mass is 16.5. The highest BCUT2D eigenvalue weighted by molar-refractivity contribution is 5.54. The van der Waals surface area contributed by atoms with Crippen molar-refractivity contribution in [3.63, 3.8) is 0 Å². The van der Waals surface area contributed by atoms with Crippen LogP contribution in [0.25, 0.3) is 0 Å². The lowest BCUT2D eigenvalue weighted by Gasteiger charge is -2.05. The average molecular weight is 153 g/mol. The summed E-state index contributed by atoms with van der Waals surface area (Å²) < 4.78 is 4.88. The highest BCUT2D eigenvalue weighted by Gasteiger charge is 2.06. The zero-order valence-electron chi connectivity index (χ0n) is 6.88. The molecule has 0 fully saturated rings. The Labute approximate surface area is 65.4 Å². The first-order chi connectivity index (χ1) is 5.16. The topological polar surface area (TPSA) is 61.0 Å². The van der Waals surface area contributed by atoms with Crippen molar-refractivity contribution in [1.82, 2.24) is 10.2 Å². The third kappa shape index (κ3) is 1.24. The van der Waals surface area contributed by atoms with Gasteiger partial charge in [0, 0.05) is 5.56 Å². The number of hydrogen-bond acceptors (Lipinski definition) is 4. The zero-order chi connectivity index (χ0) is 8.43. The third-order valence-corrected chi connectivity index (χ3v) is 1.66. The number of aryl methyl sites for hydroxylation is 1. The Bertz CT molecular complexity index is 273. The number of rotatable bonds is 1. The molecule has 0 atom stereocenters. The molecule has 0 aliphatic carbocycles. The Morgan fingerprint density at radius 1 is 1.27 bits per heavy atom. The van der Waals surface area contributed by atoms with Crippen LogP contribution in [0, 0.1) is 13.8 Å². The molecular weight excluding hydrogens is 142 g/mol. The first-order valence-corrected chi connectivity index (χ1v) is 3.30. The summed E-state index contributed by atoms with van der Waals surface area (Å²) in [5.41, 5.74) is 8.00. The lowest BCUT2D eigenvalue weighted by Crippen LogP contribution is -2.02. The second-order valence-electron chi connectivity index (χ2n) is 2.33. The van der Waals surface area contributed by atoms with Gasteiger partial charge in [-0.1, -0.05) is 0 Å². The monoisotopic (exact) mass is 153 g/mol. The van der Waals surface area contributed by atoms with Crippen LogP contribution >= 0.6 is 0 Å². The van der Waals surface area contributed by atoms with Crippen LogP contribution in [0.4, 0.5) is 5.69 Å². The van der Waals surface area contributed by atoms with Crippen molar-refractivity contribution < 1.29 is 4.74 Å². The van der Waals surface area contributed by atoms with Gasteiger partial charge in [0.15, 0.2) is 0 Å². The van der Waals surface area contributed by atoms with Gasteiger partial charge < -0.3 is 10.5 Å². The summed E-state index contributed by atoms with van der Waals surface area (Å²) in [7, 11) is 1.52. The predicted octanol–water partition coefficient (Wildman–Crippen LogP) is 0.684. The van der Waals surface area contributed by atoms with Crippen LogP contribution in [-0.2, 0) is 0 Å². The molecule has 2 N–H and O–H groups in total. The second-order valence-corrected chi connectivity index (χ2v) is 2.33. The summed E-state index contributed by atoms with van der Waals surface area (Å²) in [6.07, 6.45) is 0. The number of nitrogens with zero attached hydrogens (tertiary/aromatic N) is 2. The summed E-state index contributed by atoms with van der Waals surface area (Å²) in [4.78, 5) is 0. The molecule has 1 rings (SSSR count). The maximum Gasteiger partial charge on any atom is 0.256 e. The molecule has 11 heavy (non-hydrogen) atoms. The molecule has 60 valence electrons. The number of nitrogen functional groups attached to an aromatic ring is 1. The number of nitrogens with two attached hydrogens (primary N) is 1. The van der Waals surface area contributed by atoms with E-state index < -0.39 is 0 Å². The summed E-state index contributed by atoms with van der Waals surface area (Å²) in [5, 5.41) is 7.62. The van der Waals surface area contributed by atoms with Crippen LogP contribution in [0.3, 0.4) is 0 Å². The summed E-state index contributed by atoms with van der Waals surface area (Å²) in [5.74, 6) is 0.396. The summed E-state index contributed by atoms with van der Waals surface area (Å²) in [6.45, 7) is 3.75. The van der Waals surface area contributed by atoms with Gasteiger partial charge >= 0.3 is 0 Å². The Balaban J connectivity index is 3.25. The Morgan fingerprint density at radius 2 is 1.91 bits per heavy atom. The molecule has 0 aromatic carbocycles. The van der Waals surface area contributed by atoms with E-state index >= 15 is 0 Å². The molecule has 1 heterocycles. The molecular formula is C7H11N3O. The van der Waals surface area contributed by atoms with E-state index in [1.54, 1.807) is 0 Å². The summed E-state index contributed by atoms with van der Waals surface area (Å²) >= 11 is 0. The molecule has 4 nitrogen and oxygen atoms in total. The normalized spacial score (nSPS) is 9.73. The van der Waals surface area contributed by atoms with Crippen LogP contribution in [0.15, 0.2) is 0 Å². The van der Waals surface area contributed by atoms with E-state index in [9.17, 15) is 0 Å². The number of ether oxygens (including phenoxy) is 1. The first-order valence-electron chi connectivity index (χ1n) is 3.30. The molecule has 0 radical (unpaired) electrons. The molecule has 0 aliphatic heterocycles.